The predicted octanol–water partition coefficient (Wildman–Crippen LogP) is 1.57. The van der Waals surface area contributed by atoms with Gasteiger partial charge in [-0.3, -0.25) is 4.79 Å². The van der Waals surface area contributed by atoms with E-state index in [-0.39, 0.29) is 5.91 Å². The standard InChI is InChI=1S/C11H15ClN2O/c1-2-13-8-11(15)14-7-9-5-3-4-6-10(9)12/h3-6,13H,2,7-8H2,1H3,(H,14,15). The molecule has 0 heterocycles. The van der Waals surface area contributed by atoms with E-state index in [9.17, 15) is 4.79 Å². The summed E-state index contributed by atoms with van der Waals surface area (Å²) in [5.74, 6) is -0.0169. The van der Waals surface area contributed by atoms with Crippen LogP contribution in [0.5, 0.6) is 0 Å². The fourth-order valence-corrected chi connectivity index (χ4v) is 1.34. The number of likely N-dealkylation sites (N-methyl/N-ethyl adjacent to an activating group) is 1. The molecule has 1 aromatic carbocycles. The van der Waals surface area contributed by atoms with E-state index in [0.717, 1.165) is 12.1 Å². The number of amides is 1. The smallest absolute Gasteiger partial charge is 0.234 e. The van der Waals surface area contributed by atoms with Gasteiger partial charge in [0.2, 0.25) is 5.91 Å². The first-order chi connectivity index (χ1) is 7.24. The van der Waals surface area contributed by atoms with E-state index >= 15 is 0 Å². The van der Waals surface area contributed by atoms with Crippen LogP contribution in [0.15, 0.2) is 24.3 Å². The van der Waals surface area contributed by atoms with Crippen LogP contribution in [0, 0.1) is 0 Å². The van der Waals surface area contributed by atoms with Gasteiger partial charge in [0, 0.05) is 11.6 Å². The van der Waals surface area contributed by atoms with Crippen LogP contribution >= 0.6 is 11.6 Å². The minimum absolute atomic E-state index is 0.0169. The monoisotopic (exact) mass is 226 g/mol. The second-order valence-corrected chi connectivity index (χ2v) is 3.56. The molecule has 1 amide bonds. The second kappa shape index (κ2) is 6.43. The first-order valence-corrected chi connectivity index (χ1v) is 5.32. The van der Waals surface area contributed by atoms with Gasteiger partial charge < -0.3 is 10.6 Å². The van der Waals surface area contributed by atoms with Gasteiger partial charge in [0.1, 0.15) is 0 Å². The fourth-order valence-electron chi connectivity index (χ4n) is 1.14. The quantitative estimate of drug-likeness (QED) is 0.800. The molecule has 0 aliphatic rings. The molecule has 0 aliphatic carbocycles. The lowest BCUT2D eigenvalue weighted by molar-refractivity contribution is -0.120. The van der Waals surface area contributed by atoms with Gasteiger partial charge in [0.25, 0.3) is 0 Å². The molecule has 1 aromatic rings. The molecule has 0 radical (unpaired) electrons. The van der Waals surface area contributed by atoms with E-state index in [1.165, 1.54) is 0 Å². The second-order valence-electron chi connectivity index (χ2n) is 3.15. The summed E-state index contributed by atoms with van der Waals surface area (Å²) in [6.45, 7) is 3.58. The summed E-state index contributed by atoms with van der Waals surface area (Å²) in [5.41, 5.74) is 0.934. The SMILES string of the molecule is CCNCC(=O)NCc1ccccc1Cl. The lowest BCUT2D eigenvalue weighted by Gasteiger charge is -2.06. The van der Waals surface area contributed by atoms with E-state index in [2.05, 4.69) is 10.6 Å². The van der Waals surface area contributed by atoms with Crippen LogP contribution in [-0.4, -0.2) is 19.0 Å². The van der Waals surface area contributed by atoms with Crippen molar-refractivity contribution in [3.8, 4) is 0 Å². The lowest BCUT2D eigenvalue weighted by atomic mass is 10.2. The number of benzene rings is 1. The summed E-state index contributed by atoms with van der Waals surface area (Å²) in [7, 11) is 0. The predicted molar refractivity (Wildman–Crippen MR) is 61.8 cm³/mol. The molecule has 4 heteroatoms. The van der Waals surface area contributed by atoms with Crippen molar-refractivity contribution in [3.05, 3.63) is 34.9 Å². The third kappa shape index (κ3) is 4.32. The normalized spacial score (nSPS) is 10.0. The summed E-state index contributed by atoms with van der Waals surface area (Å²) in [6, 6.07) is 7.48. The Kier molecular flexibility index (Phi) is 5.15. The summed E-state index contributed by atoms with van der Waals surface area (Å²) < 4.78 is 0. The minimum Gasteiger partial charge on any atom is -0.351 e. The molecule has 0 aromatic heterocycles. The molecule has 3 nitrogen and oxygen atoms in total. The van der Waals surface area contributed by atoms with Crippen LogP contribution in [0.25, 0.3) is 0 Å². The zero-order valence-electron chi connectivity index (χ0n) is 8.72. The van der Waals surface area contributed by atoms with E-state index < -0.39 is 0 Å². The zero-order chi connectivity index (χ0) is 11.1. The minimum atomic E-state index is -0.0169. The van der Waals surface area contributed by atoms with E-state index in [1.807, 2.05) is 31.2 Å². The number of halogens is 1. The Hall–Kier alpha value is -1.06. The highest BCUT2D eigenvalue weighted by Gasteiger charge is 2.02. The van der Waals surface area contributed by atoms with Crippen LogP contribution in [0.4, 0.5) is 0 Å². The molecule has 0 atom stereocenters. The van der Waals surface area contributed by atoms with Crippen LogP contribution < -0.4 is 10.6 Å². The van der Waals surface area contributed by atoms with Crippen molar-refractivity contribution >= 4 is 17.5 Å². The van der Waals surface area contributed by atoms with Crippen molar-refractivity contribution in [2.45, 2.75) is 13.5 Å². The molecule has 0 saturated carbocycles. The van der Waals surface area contributed by atoms with Gasteiger partial charge in [-0.1, -0.05) is 36.7 Å². The molecule has 15 heavy (non-hydrogen) atoms. The molecule has 0 fully saturated rings. The van der Waals surface area contributed by atoms with Gasteiger partial charge >= 0.3 is 0 Å². The molecule has 2 N–H and O–H groups in total. The molecule has 1 rings (SSSR count). The number of nitrogens with one attached hydrogen (secondary N) is 2. The number of rotatable bonds is 5. The largest absolute Gasteiger partial charge is 0.351 e. The number of carbonyl (C=O) groups excluding carboxylic acids is 1. The Bertz CT molecular complexity index is 328. The lowest BCUT2D eigenvalue weighted by Crippen LogP contribution is -2.33. The number of hydrogen-bond acceptors (Lipinski definition) is 2. The molecule has 0 unspecified atom stereocenters. The van der Waals surface area contributed by atoms with Crippen molar-refractivity contribution in [3.63, 3.8) is 0 Å². The Morgan fingerprint density at radius 1 is 1.40 bits per heavy atom. The Morgan fingerprint density at radius 2 is 2.13 bits per heavy atom. The van der Waals surface area contributed by atoms with Gasteiger partial charge in [0.15, 0.2) is 0 Å². The number of hydrogen-bond donors (Lipinski definition) is 2. The summed E-state index contributed by atoms with van der Waals surface area (Å²) in [6.07, 6.45) is 0. The van der Waals surface area contributed by atoms with Gasteiger partial charge in [-0.2, -0.15) is 0 Å². The molecule has 0 bridgehead atoms. The molecule has 82 valence electrons. The maximum absolute atomic E-state index is 11.3. The molecule has 0 aliphatic heterocycles. The Labute approximate surface area is 94.8 Å². The van der Waals surface area contributed by atoms with Crippen LogP contribution in [0.2, 0.25) is 5.02 Å². The topological polar surface area (TPSA) is 41.1 Å². The molecule has 0 saturated heterocycles. The third-order valence-corrected chi connectivity index (χ3v) is 2.34. The summed E-state index contributed by atoms with van der Waals surface area (Å²) in [5, 5.41) is 6.42. The molecule has 0 spiro atoms. The number of carbonyl (C=O) groups is 1. The average molecular weight is 227 g/mol. The van der Waals surface area contributed by atoms with Gasteiger partial charge in [-0.05, 0) is 18.2 Å². The van der Waals surface area contributed by atoms with E-state index in [1.54, 1.807) is 0 Å². The average Bonchev–Trinajstić information content (AvgIpc) is 2.25. The van der Waals surface area contributed by atoms with Crippen molar-refractivity contribution in [1.82, 2.24) is 10.6 Å². The molecular weight excluding hydrogens is 212 g/mol. The Balaban J connectivity index is 2.37. The van der Waals surface area contributed by atoms with Crippen molar-refractivity contribution in [1.29, 1.82) is 0 Å². The third-order valence-electron chi connectivity index (χ3n) is 1.97. The van der Waals surface area contributed by atoms with Gasteiger partial charge in [-0.25, -0.2) is 0 Å². The maximum Gasteiger partial charge on any atom is 0.234 e. The summed E-state index contributed by atoms with van der Waals surface area (Å²) in [4.78, 5) is 11.3. The van der Waals surface area contributed by atoms with E-state index in [4.69, 9.17) is 11.6 Å². The molecular formula is C11H15ClN2O. The highest BCUT2D eigenvalue weighted by atomic mass is 35.5. The maximum atomic E-state index is 11.3. The Morgan fingerprint density at radius 3 is 2.80 bits per heavy atom. The highest BCUT2D eigenvalue weighted by molar-refractivity contribution is 6.31. The van der Waals surface area contributed by atoms with Gasteiger partial charge in [-0.15, -0.1) is 0 Å². The van der Waals surface area contributed by atoms with Crippen LogP contribution in [0.3, 0.4) is 0 Å². The van der Waals surface area contributed by atoms with Crippen molar-refractivity contribution < 1.29 is 4.79 Å². The summed E-state index contributed by atoms with van der Waals surface area (Å²) >= 11 is 5.95. The van der Waals surface area contributed by atoms with Crippen molar-refractivity contribution in [2.75, 3.05) is 13.1 Å². The zero-order valence-corrected chi connectivity index (χ0v) is 9.47. The van der Waals surface area contributed by atoms with Crippen LogP contribution in [0.1, 0.15) is 12.5 Å². The first kappa shape index (κ1) is 12.0. The highest BCUT2D eigenvalue weighted by Crippen LogP contribution is 2.13. The van der Waals surface area contributed by atoms with Crippen LogP contribution in [-0.2, 0) is 11.3 Å². The van der Waals surface area contributed by atoms with Crippen molar-refractivity contribution in [2.24, 2.45) is 0 Å². The fraction of sp³-hybridized carbons (Fsp3) is 0.364. The first-order valence-electron chi connectivity index (χ1n) is 4.95. The van der Waals surface area contributed by atoms with Gasteiger partial charge in [0.05, 0.1) is 6.54 Å². The van der Waals surface area contributed by atoms with E-state index in [0.29, 0.717) is 18.1 Å².